The number of carbonyl (C=O) groups excluding carboxylic acids is 1. The molecular formula is C14H21N3O. The summed E-state index contributed by atoms with van der Waals surface area (Å²) in [7, 11) is 0. The Balaban J connectivity index is 1.84. The molecule has 3 rings (SSSR count). The fourth-order valence-electron chi connectivity index (χ4n) is 3.01. The predicted octanol–water partition coefficient (Wildman–Crippen LogP) is 2.24. The Morgan fingerprint density at radius 2 is 2.28 bits per heavy atom. The van der Waals surface area contributed by atoms with Crippen LogP contribution in [0.1, 0.15) is 57.2 Å². The van der Waals surface area contributed by atoms with Crippen molar-refractivity contribution in [2.24, 2.45) is 5.92 Å². The van der Waals surface area contributed by atoms with Gasteiger partial charge in [0.05, 0.1) is 6.33 Å². The smallest absolute Gasteiger partial charge is 0.220 e. The van der Waals surface area contributed by atoms with Crippen LogP contribution in [-0.2, 0) is 4.79 Å². The predicted molar refractivity (Wildman–Crippen MR) is 69.2 cm³/mol. The molecule has 2 heterocycles. The van der Waals surface area contributed by atoms with Crippen LogP contribution in [0.5, 0.6) is 0 Å². The normalized spacial score (nSPS) is 27.8. The Labute approximate surface area is 108 Å². The molecule has 1 aromatic rings. The van der Waals surface area contributed by atoms with E-state index < -0.39 is 0 Å². The molecule has 1 aromatic heterocycles. The molecule has 2 aliphatic rings. The molecule has 4 nitrogen and oxygen atoms in total. The number of amides is 1. The van der Waals surface area contributed by atoms with Gasteiger partial charge < -0.3 is 9.88 Å². The number of hydrogen-bond acceptors (Lipinski definition) is 2. The Morgan fingerprint density at radius 1 is 1.50 bits per heavy atom. The molecule has 1 aliphatic heterocycles. The Hall–Kier alpha value is -1.32. The zero-order valence-electron chi connectivity index (χ0n) is 11.1. The number of rotatable bonds is 4. The Morgan fingerprint density at radius 3 is 2.94 bits per heavy atom. The van der Waals surface area contributed by atoms with Crippen molar-refractivity contribution in [3.05, 3.63) is 18.2 Å². The highest BCUT2D eigenvalue weighted by Gasteiger charge is 2.37. The minimum absolute atomic E-state index is 0.189. The average molecular weight is 247 g/mol. The number of aromatic nitrogens is 2. The summed E-state index contributed by atoms with van der Waals surface area (Å²) in [6.07, 6.45) is 8.07. The first kappa shape index (κ1) is 11.8. The molecule has 1 N–H and O–H groups in total. The third kappa shape index (κ3) is 2.16. The van der Waals surface area contributed by atoms with Crippen LogP contribution in [0.2, 0.25) is 0 Å². The molecule has 18 heavy (non-hydrogen) atoms. The Kier molecular flexibility index (Phi) is 2.88. The van der Waals surface area contributed by atoms with Crippen LogP contribution in [0, 0.1) is 5.92 Å². The van der Waals surface area contributed by atoms with Crippen LogP contribution in [0.4, 0.5) is 0 Å². The van der Waals surface area contributed by atoms with Gasteiger partial charge in [-0.05, 0) is 25.2 Å². The summed E-state index contributed by atoms with van der Waals surface area (Å²) >= 11 is 0. The van der Waals surface area contributed by atoms with E-state index in [9.17, 15) is 4.79 Å². The molecule has 0 radical (unpaired) electrons. The lowest BCUT2D eigenvalue weighted by molar-refractivity contribution is -0.119. The fourth-order valence-corrected chi connectivity index (χ4v) is 3.01. The molecule has 1 saturated heterocycles. The molecule has 2 atom stereocenters. The SMILES string of the molecule is CC(C)CC1NC(=O)CC1c1cncn1C1CC1. The van der Waals surface area contributed by atoms with E-state index in [1.54, 1.807) is 0 Å². The molecular weight excluding hydrogens is 226 g/mol. The lowest BCUT2D eigenvalue weighted by Crippen LogP contribution is -2.30. The largest absolute Gasteiger partial charge is 0.353 e. The van der Waals surface area contributed by atoms with Crippen molar-refractivity contribution >= 4 is 5.91 Å². The van der Waals surface area contributed by atoms with Gasteiger partial charge in [-0.15, -0.1) is 0 Å². The topological polar surface area (TPSA) is 46.9 Å². The summed E-state index contributed by atoms with van der Waals surface area (Å²) in [5.41, 5.74) is 1.25. The van der Waals surface area contributed by atoms with Crippen LogP contribution in [0.25, 0.3) is 0 Å². The van der Waals surface area contributed by atoms with Crippen molar-refractivity contribution in [3.8, 4) is 0 Å². The molecule has 1 amide bonds. The van der Waals surface area contributed by atoms with E-state index in [-0.39, 0.29) is 11.9 Å². The van der Waals surface area contributed by atoms with E-state index in [1.807, 2.05) is 12.5 Å². The van der Waals surface area contributed by atoms with Crippen molar-refractivity contribution in [1.29, 1.82) is 0 Å². The van der Waals surface area contributed by atoms with Gasteiger partial charge in [0.15, 0.2) is 0 Å². The fraction of sp³-hybridized carbons (Fsp3) is 0.714. The third-order valence-electron chi connectivity index (χ3n) is 3.98. The molecule has 0 bridgehead atoms. The number of hydrogen-bond donors (Lipinski definition) is 1. The molecule has 1 saturated carbocycles. The van der Waals surface area contributed by atoms with Crippen LogP contribution < -0.4 is 5.32 Å². The number of nitrogens with zero attached hydrogens (tertiary/aromatic N) is 2. The summed E-state index contributed by atoms with van der Waals surface area (Å²) in [5, 5.41) is 3.13. The molecule has 0 spiro atoms. The first-order chi connectivity index (χ1) is 8.65. The molecule has 4 heteroatoms. The van der Waals surface area contributed by atoms with Crippen LogP contribution in [0.15, 0.2) is 12.5 Å². The van der Waals surface area contributed by atoms with Crippen molar-refractivity contribution in [3.63, 3.8) is 0 Å². The van der Waals surface area contributed by atoms with Gasteiger partial charge in [-0.1, -0.05) is 13.8 Å². The maximum Gasteiger partial charge on any atom is 0.220 e. The standard InChI is InChI=1S/C14H21N3O/c1-9(2)5-12-11(6-14(18)16-12)13-7-15-8-17(13)10-3-4-10/h7-12H,3-6H2,1-2H3,(H,16,18). The van der Waals surface area contributed by atoms with E-state index in [4.69, 9.17) is 0 Å². The molecule has 1 aliphatic carbocycles. The summed E-state index contributed by atoms with van der Waals surface area (Å²) in [4.78, 5) is 16.0. The lowest BCUT2D eigenvalue weighted by atomic mass is 9.90. The highest BCUT2D eigenvalue weighted by atomic mass is 16.2. The second-order valence-electron chi connectivity index (χ2n) is 6.07. The van der Waals surface area contributed by atoms with Gasteiger partial charge in [-0.2, -0.15) is 0 Å². The number of nitrogens with one attached hydrogen (secondary N) is 1. The Bertz CT molecular complexity index is 448. The minimum Gasteiger partial charge on any atom is -0.353 e. The zero-order valence-corrected chi connectivity index (χ0v) is 11.1. The molecule has 0 aromatic carbocycles. The van der Waals surface area contributed by atoms with Crippen LogP contribution in [0.3, 0.4) is 0 Å². The van der Waals surface area contributed by atoms with Gasteiger partial charge in [-0.25, -0.2) is 4.98 Å². The van der Waals surface area contributed by atoms with Crippen molar-refractivity contribution in [2.75, 3.05) is 0 Å². The van der Waals surface area contributed by atoms with E-state index in [2.05, 4.69) is 28.7 Å². The first-order valence-corrected chi connectivity index (χ1v) is 6.96. The van der Waals surface area contributed by atoms with Crippen molar-refractivity contribution in [2.45, 2.75) is 57.5 Å². The zero-order chi connectivity index (χ0) is 12.7. The summed E-state index contributed by atoms with van der Waals surface area (Å²) in [6, 6.07) is 0.921. The van der Waals surface area contributed by atoms with Gasteiger partial charge in [-0.3, -0.25) is 4.79 Å². The average Bonchev–Trinajstić information content (AvgIpc) is 2.91. The monoisotopic (exact) mass is 247 g/mol. The van der Waals surface area contributed by atoms with E-state index in [1.165, 1.54) is 18.5 Å². The summed E-state index contributed by atoms with van der Waals surface area (Å²) in [6.45, 7) is 4.42. The second kappa shape index (κ2) is 4.41. The quantitative estimate of drug-likeness (QED) is 0.887. The van der Waals surface area contributed by atoms with Crippen molar-refractivity contribution < 1.29 is 4.79 Å². The van der Waals surface area contributed by atoms with Gasteiger partial charge in [0.2, 0.25) is 5.91 Å². The molecule has 2 unspecified atom stereocenters. The highest BCUT2D eigenvalue weighted by molar-refractivity contribution is 5.80. The lowest BCUT2D eigenvalue weighted by Gasteiger charge is -2.21. The summed E-state index contributed by atoms with van der Waals surface area (Å²) in [5.74, 6) is 1.10. The molecule has 98 valence electrons. The van der Waals surface area contributed by atoms with Gasteiger partial charge >= 0.3 is 0 Å². The van der Waals surface area contributed by atoms with Crippen LogP contribution in [-0.4, -0.2) is 21.5 Å². The van der Waals surface area contributed by atoms with E-state index in [0.29, 0.717) is 24.3 Å². The van der Waals surface area contributed by atoms with Gasteiger partial charge in [0.1, 0.15) is 0 Å². The summed E-state index contributed by atoms with van der Waals surface area (Å²) < 4.78 is 2.29. The van der Waals surface area contributed by atoms with Crippen LogP contribution >= 0.6 is 0 Å². The third-order valence-corrected chi connectivity index (χ3v) is 3.98. The maximum absolute atomic E-state index is 11.7. The number of imidazole rings is 1. The second-order valence-corrected chi connectivity index (χ2v) is 6.07. The highest BCUT2D eigenvalue weighted by Crippen LogP contribution is 2.40. The molecule has 2 fully saturated rings. The van der Waals surface area contributed by atoms with Gasteiger partial charge in [0.25, 0.3) is 0 Å². The van der Waals surface area contributed by atoms with E-state index in [0.717, 1.165) is 6.42 Å². The van der Waals surface area contributed by atoms with Gasteiger partial charge in [0, 0.05) is 36.3 Å². The van der Waals surface area contributed by atoms with E-state index >= 15 is 0 Å². The maximum atomic E-state index is 11.7. The minimum atomic E-state index is 0.189. The van der Waals surface area contributed by atoms with Crippen molar-refractivity contribution in [1.82, 2.24) is 14.9 Å². The number of carbonyl (C=O) groups is 1. The first-order valence-electron chi connectivity index (χ1n) is 6.96.